The second-order valence-electron chi connectivity index (χ2n) is 6.23. The van der Waals surface area contributed by atoms with Gasteiger partial charge >= 0.3 is 0 Å². The first-order chi connectivity index (χ1) is 13.0. The molecule has 7 heteroatoms. The maximum atomic E-state index is 12.9. The number of pyridine rings is 1. The summed E-state index contributed by atoms with van der Waals surface area (Å²) in [6.07, 6.45) is 3.28. The number of rotatable bonds is 5. The molecular weight excluding hydrogens is 342 g/mol. The summed E-state index contributed by atoms with van der Waals surface area (Å²) in [6.45, 7) is 3.83. The molecule has 2 N–H and O–H groups in total. The predicted octanol–water partition coefficient (Wildman–Crippen LogP) is 2.81. The van der Waals surface area contributed by atoms with Crippen molar-refractivity contribution >= 4 is 17.5 Å². The maximum Gasteiger partial charge on any atom is 0.274 e. The lowest BCUT2D eigenvalue weighted by Crippen LogP contribution is -2.21. The van der Waals surface area contributed by atoms with Crippen LogP contribution in [0.3, 0.4) is 0 Å². The molecular formula is C20H21N5O2. The quantitative estimate of drug-likeness (QED) is 0.729. The van der Waals surface area contributed by atoms with Crippen molar-refractivity contribution < 1.29 is 9.59 Å². The third-order valence-electron chi connectivity index (χ3n) is 4.21. The van der Waals surface area contributed by atoms with Crippen molar-refractivity contribution in [1.82, 2.24) is 20.1 Å². The fraction of sp³-hybridized carbons (Fsp3) is 0.200. The Hall–Kier alpha value is -3.48. The van der Waals surface area contributed by atoms with Crippen molar-refractivity contribution in [2.24, 2.45) is 0 Å². The summed E-state index contributed by atoms with van der Waals surface area (Å²) in [5.41, 5.74) is 2.99. The van der Waals surface area contributed by atoms with Crippen molar-refractivity contribution in [3.05, 3.63) is 77.4 Å². The van der Waals surface area contributed by atoms with E-state index in [0.29, 0.717) is 11.4 Å². The Balaban J connectivity index is 1.98. The third-order valence-corrected chi connectivity index (χ3v) is 4.21. The molecule has 0 saturated carbocycles. The first kappa shape index (κ1) is 18.3. The molecule has 0 aliphatic carbocycles. The largest absolute Gasteiger partial charge is 0.354 e. The van der Waals surface area contributed by atoms with Gasteiger partial charge in [0.25, 0.3) is 11.8 Å². The van der Waals surface area contributed by atoms with Crippen LogP contribution in [0.25, 0.3) is 0 Å². The molecule has 0 aliphatic rings. The maximum absolute atomic E-state index is 12.9. The highest BCUT2D eigenvalue weighted by Gasteiger charge is 2.22. The van der Waals surface area contributed by atoms with Gasteiger partial charge in [0.1, 0.15) is 5.69 Å². The van der Waals surface area contributed by atoms with E-state index in [2.05, 4.69) is 20.7 Å². The number of nitrogens with one attached hydrogen (secondary N) is 2. The third kappa shape index (κ3) is 4.03. The summed E-state index contributed by atoms with van der Waals surface area (Å²) in [4.78, 5) is 29.0. The predicted molar refractivity (Wildman–Crippen MR) is 103 cm³/mol. The van der Waals surface area contributed by atoms with Gasteiger partial charge in [0.05, 0.1) is 17.9 Å². The van der Waals surface area contributed by atoms with E-state index in [4.69, 9.17) is 0 Å². The molecule has 2 heterocycles. The number of nitrogens with zero attached hydrogens (tertiary/aromatic N) is 3. The second-order valence-corrected chi connectivity index (χ2v) is 6.23. The zero-order chi connectivity index (χ0) is 19.4. The van der Waals surface area contributed by atoms with Crippen molar-refractivity contribution in [3.63, 3.8) is 0 Å². The Bertz CT molecular complexity index is 966. The minimum Gasteiger partial charge on any atom is -0.354 e. The molecule has 0 bridgehead atoms. The zero-order valence-corrected chi connectivity index (χ0v) is 15.4. The first-order valence-corrected chi connectivity index (χ1v) is 8.59. The van der Waals surface area contributed by atoms with Crippen molar-refractivity contribution in [3.8, 4) is 0 Å². The second kappa shape index (κ2) is 7.82. The van der Waals surface area contributed by atoms with E-state index >= 15 is 0 Å². The van der Waals surface area contributed by atoms with Crippen LogP contribution >= 0.6 is 0 Å². The van der Waals surface area contributed by atoms with Crippen LogP contribution in [0.2, 0.25) is 0 Å². The van der Waals surface area contributed by atoms with Crippen molar-refractivity contribution in [2.45, 2.75) is 19.9 Å². The molecule has 3 aromatic rings. The normalized spacial score (nSPS) is 11.7. The van der Waals surface area contributed by atoms with Crippen LogP contribution in [0.4, 0.5) is 5.69 Å². The molecule has 0 spiro atoms. The molecule has 0 aliphatic heterocycles. The molecule has 0 radical (unpaired) electrons. The van der Waals surface area contributed by atoms with Gasteiger partial charge in [0.15, 0.2) is 5.69 Å². The lowest BCUT2D eigenvalue weighted by Gasteiger charge is -2.16. The number of aromatic nitrogens is 3. The van der Waals surface area contributed by atoms with E-state index < -0.39 is 0 Å². The monoisotopic (exact) mass is 363 g/mol. The van der Waals surface area contributed by atoms with Gasteiger partial charge in [0.2, 0.25) is 0 Å². The van der Waals surface area contributed by atoms with Gasteiger partial charge in [-0.2, -0.15) is 5.10 Å². The average molecular weight is 363 g/mol. The topological polar surface area (TPSA) is 88.9 Å². The van der Waals surface area contributed by atoms with Gasteiger partial charge in [-0.05, 0) is 31.0 Å². The number of hydrogen-bond acceptors (Lipinski definition) is 4. The van der Waals surface area contributed by atoms with Gasteiger partial charge < -0.3 is 10.6 Å². The molecule has 3 rings (SSSR count). The lowest BCUT2D eigenvalue weighted by molar-refractivity contribution is 0.0956. The van der Waals surface area contributed by atoms with E-state index in [9.17, 15) is 9.59 Å². The number of carbonyl (C=O) groups is 2. The van der Waals surface area contributed by atoms with Crippen LogP contribution in [-0.2, 0) is 0 Å². The Morgan fingerprint density at radius 3 is 2.48 bits per heavy atom. The zero-order valence-electron chi connectivity index (χ0n) is 15.4. The molecule has 0 unspecified atom stereocenters. The molecule has 138 valence electrons. The van der Waals surface area contributed by atoms with Gasteiger partial charge in [-0.15, -0.1) is 0 Å². The Labute approximate surface area is 157 Å². The van der Waals surface area contributed by atoms with E-state index in [1.807, 2.05) is 50.2 Å². The summed E-state index contributed by atoms with van der Waals surface area (Å²) in [5, 5.41) is 9.73. The van der Waals surface area contributed by atoms with Crippen LogP contribution in [0.5, 0.6) is 0 Å². The van der Waals surface area contributed by atoms with Crippen LogP contribution in [0.15, 0.2) is 54.9 Å². The van der Waals surface area contributed by atoms with Crippen LogP contribution in [0, 0.1) is 6.92 Å². The standard InChI is InChI=1S/C20H21N5O2/c1-13-9-16(12-22-11-13)23-20(27)18-10-17(19(26)21-3)24-25(18)14(2)15-7-5-4-6-8-15/h4-12,14H,1-3H3,(H,21,26)(H,23,27)/t14-/m0/s1. The van der Waals surface area contributed by atoms with E-state index in [0.717, 1.165) is 11.1 Å². The van der Waals surface area contributed by atoms with E-state index in [1.54, 1.807) is 17.1 Å². The smallest absolute Gasteiger partial charge is 0.274 e. The Kier molecular flexibility index (Phi) is 5.30. The first-order valence-electron chi connectivity index (χ1n) is 8.59. The number of hydrogen-bond donors (Lipinski definition) is 2. The summed E-state index contributed by atoms with van der Waals surface area (Å²) >= 11 is 0. The number of anilines is 1. The summed E-state index contributed by atoms with van der Waals surface area (Å²) in [5.74, 6) is -0.701. The highest BCUT2D eigenvalue weighted by molar-refractivity contribution is 6.04. The molecule has 1 atom stereocenters. The number of aryl methyl sites for hydroxylation is 1. The molecule has 2 amide bonds. The molecule has 0 fully saturated rings. The molecule has 2 aromatic heterocycles. The van der Waals surface area contributed by atoms with Crippen LogP contribution in [0.1, 0.15) is 45.1 Å². The average Bonchev–Trinajstić information content (AvgIpc) is 3.13. The summed E-state index contributed by atoms with van der Waals surface area (Å²) in [7, 11) is 1.53. The van der Waals surface area contributed by atoms with Crippen molar-refractivity contribution in [1.29, 1.82) is 0 Å². The van der Waals surface area contributed by atoms with Gasteiger partial charge in [-0.1, -0.05) is 30.3 Å². The van der Waals surface area contributed by atoms with Gasteiger partial charge in [-0.3, -0.25) is 19.3 Å². The van der Waals surface area contributed by atoms with Gasteiger partial charge in [0, 0.05) is 19.3 Å². The minimum absolute atomic E-state index is 0.188. The molecule has 1 aromatic carbocycles. The number of amides is 2. The van der Waals surface area contributed by atoms with E-state index in [-0.39, 0.29) is 23.6 Å². The Morgan fingerprint density at radius 1 is 1.07 bits per heavy atom. The van der Waals surface area contributed by atoms with Gasteiger partial charge in [-0.25, -0.2) is 0 Å². The number of benzene rings is 1. The van der Waals surface area contributed by atoms with Crippen LogP contribution < -0.4 is 10.6 Å². The summed E-state index contributed by atoms with van der Waals surface area (Å²) < 4.78 is 1.57. The summed E-state index contributed by atoms with van der Waals surface area (Å²) in [6, 6.07) is 12.8. The highest BCUT2D eigenvalue weighted by atomic mass is 16.2. The Morgan fingerprint density at radius 2 is 1.81 bits per heavy atom. The minimum atomic E-state index is -0.354. The van der Waals surface area contributed by atoms with Crippen LogP contribution in [-0.4, -0.2) is 33.6 Å². The van der Waals surface area contributed by atoms with E-state index in [1.165, 1.54) is 13.1 Å². The van der Waals surface area contributed by atoms with Crippen molar-refractivity contribution in [2.75, 3.05) is 12.4 Å². The molecule has 7 nitrogen and oxygen atoms in total. The highest BCUT2D eigenvalue weighted by Crippen LogP contribution is 2.21. The molecule has 27 heavy (non-hydrogen) atoms. The lowest BCUT2D eigenvalue weighted by atomic mass is 10.1. The number of carbonyl (C=O) groups excluding carboxylic acids is 2. The fourth-order valence-corrected chi connectivity index (χ4v) is 2.79. The fourth-order valence-electron chi connectivity index (χ4n) is 2.79. The SMILES string of the molecule is CNC(=O)c1cc(C(=O)Nc2cncc(C)c2)n([C@@H](C)c2ccccc2)n1. The molecule has 0 saturated heterocycles.